The Morgan fingerprint density at radius 3 is 2.53 bits per heavy atom. The summed E-state index contributed by atoms with van der Waals surface area (Å²) in [5.41, 5.74) is 6.48. The Hall–Kier alpha value is -1.23. The van der Waals surface area contributed by atoms with Crippen molar-refractivity contribution in [2.75, 3.05) is 12.4 Å². The number of anilines is 1. The average Bonchev–Trinajstić information content (AvgIpc) is 2.14. The zero-order valence-electron chi connectivity index (χ0n) is 10.5. The molecule has 0 spiro atoms. The van der Waals surface area contributed by atoms with E-state index >= 15 is 0 Å². The molecule has 1 aromatic carbocycles. The lowest BCUT2D eigenvalue weighted by Crippen LogP contribution is -2.27. The molecular weight excluding hydrogens is 282 g/mol. The van der Waals surface area contributed by atoms with Crippen LogP contribution >= 0.6 is 15.9 Å². The van der Waals surface area contributed by atoms with Crippen molar-refractivity contribution in [3.63, 3.8) is 0 Å². The van der Waals surface area contributed by atoms with Gasteiger partial charge in [-0.2, -0.15) is 0 Å². The summed E-state index contributed by atoms with van der Waals surface area (Å²) in [5, 5.41) is 3.03. The van der Waals surface area contributed by atoms with Gasteiger partial charge in [0.25, 0.3) is 0 Å². The van der Waals surface area contributed by atoms with E-state index in [2.05, 4.69) is 26.2 Å². The predicted molar refractivity (Wildman–Crippen MR) is 75.7 cm³/mol. The van der Waals surface area contributed by atoms with Crippen LogP contribution in [0.15, 0.2) is 27.7 Å². The van der Waals surface area contributed by atoms with Crippen LogP contribution in [0.5, 0.6) is 5.75 Å². The Morgan fingerprint density at radius 2 is 2.06 bits per heavy atom. The fraction of sp³-hybridized carbons (Fsp3) is 0.417. The molecule has 1 aromatic rings. The van der Waals surface area contributed by atoms with E-state index in [9.17, 15) is 0 Å². The van der Waals surface area contributed by atoms with Crippen molar-refractivity contribution < 1.29 is 4.74 Å². The lowest BCUT2D eigenvalue weighted by molar-refractivity contribution is 0.412. The van der Waals surface area contributed by atoms with Gasteiger partial charge < -0.3 is 15.8 Å². The molecule has 0 aliphatic rings. The lowest BCUT2D eigenvalue weighted by atomic mass is 10.1. The van der Waals surface area contributed by atoms with Gasteiger partial charge in [-0.1, -0.05) is 0 Å². The average molecular weight is 300 g/mol. The Labute approximate surface area is 110 Å². The van der Waals surface area contributed by atoms with Gasteiger partial charge in [0, 0.05) is 5.69 Å². The van der Waals surface area contributed by atoms with E-state index in [-0.39, 0.29) is 5.54 Å². The molecule has 0 atom stereocenters. The normalized spacial score (nSPS) is 12.4. The van der Waals surface area contributed by atoms with Gasteiger partial charge in [-0.3, -0.25) is 0 Å². The van der Waals surface area contributed by atoms with E-state index in [1.54, 1.807) is 7.11 Å². The summed E-state index contributed by atoms with van der Waals surface area (Å²) in [5.74, 6) is 1.18. The van der Waals surface area contributed by atoms with E-state index in [1.807, 2.05) is 39.0 Å². The van der Waals surface area contributed by atoms with Crippen LogP contribution < -0.4 is 15.8 Å². The van der Waals surface area contributed by atoms with Crippen LogP contribution in [-0.2, 0) is 0 Å². The summed E-state index contributed by atoms with van der Waals surface area (Å²) in [6.07, 6.45) is 0. The quantitative estimate of drug-likeness (QED) is 0.652. The highest BCUT2D eigenvalue weighted by atomic mass is 79.9. The first kappa shape index (κ1) is 13.8. The maximum absolute atomic E-state index is 5.80. The van der Waals surface area contributed by atoms with Crippen molar-refractivity contribution in [1.82, 2.24) is 0 Å². The molecule has 0 fully saturated rings. The molecule has 0 amide bonds. The maximum atomic E-state index is 5.80. The van der Waals surface area contributed by atoms with Crippen molar-refractivity contribution in [2.45, 2.75) is 26.3 Å². The number of nitrogens with one attached hydrogen (secondary N) is 1. The van der Waals surface area contributed by atoms with E-state index < -0.39 is 0 Å². The molecule has 5 heteroatoms. The van der Waals surface area contributed by atoms with Crippen LogP contribution in [-0.4, -0.2) is 18.6 Å². The molecule has 0 saturated carbocycles. The molecule has 0 aliphatic heterocycles. The van der Waals surface area contributed by atoms with E-state index in [1.165, 1.54) is 0 Å². The number of halogens is 1. The summed E-state index contributed by atoms with van der Waals surface area (Å²) in [4.78, 5) is 4.31. The maximum Gasteiger partial charge on any atom is 0.193 e. The number of benzene rings is 1. The predicted octanol–water partition coefficient (Wildman–Crippen LogP) is 2.98. The molecule has 1 rings (SSSR count). The zero-order valence-corrected chi connectivity index (χ0v) is 12.1. The zero-order chi connectivity index (χ0) is 13.1. The minimum Gasteiger partial charge on any atom is -0.496 e. The summed E-state index contributed by atoms with van der Waals surface area (Å²) in [6, 6.07) is 5.63. The monoisotopic (exact) mass is 299 g/mol. The van der Waals surface area contributed by atoms with E-state index in [4.69, 9.17) is 10.5 Å². The van der Waals surface area contributed by atoms with Crippen LogP contribution in [0.2, 0.25) is 0 Å². The second-order valence-corrected chi connectivity index (χ2v) is 5.50. The van der Waals surface area contributed by atoms with Crippen LogP contribution in [0.4, 0.5) is 5.69 Å². The third kappa shape index (κ3) is 4.65. The minimum atomic E-state index is -0.194. The van der Waals surface area contributed by atoms with Crippen LogP contribution in [0, 0.1) is 0 Å². The number of methoxy groups -OCH3 is 1. The van der Waals surface area contributed by atoms with E-state index in [0.717, 1.165) is 15.9 Å². The topological polar surface area (TPSA) is 59.6 Å². The molecule has 0 radical (unpaired) electrons. The first-order chi connectivity index (χ1) is 7.81. The fourth-order valence-electron chi connectivity index (χ4n) is 1.28. The van der Waals surface area contributed by atoms with Crippen molar-refractivity contribution in [1.29, 1.82) is 0 Å². The van der Waals surface area contributed by atoms with Gasteiger partial charge in [-0.05, 0) is 54.9 Å². The number of hydrogen-bond donors (Lipinski definition) is 2. The van der Waals surface area contributed by atoms with Gasteiger partial charge >= 0.3 is 0 Å². The Bertz CT molecular complexity index is 424. The first-order valence-corrected chi connectivity index (χ1v) is 6.07. The third-order valence-electron chi connectivity index (χ3n) is 1.88. The minimum absolute atomic E-state index is 0.194. The molecule has 0 aromatic heterocycles. The molecule has 0 saturated heterocycles. The molecular formula is C12H18BrN3O. The number of hydrogen-bond acceptors (Lipinski definition) is 2. The van der Waals surface area contributed by atoms with E-state index in [0.29, 0.717) is 5.96 Å². The third-order valence-corrected chi connectivity index (χ3v) is 2.50. The standard InChI is InChI=1S/C12H18BrN3O/c1-12(2,3)16-11(14)15-8-5-6-10(17-4)9(13)7-8/h5-7H,1-4H3,(H3,14,15,16). The van der Waals surface area contributed by atoms with Crippen molar-refractivity contribution in [3.05, 3.63) is 22.7 Å². The van der Waals surface area contributed by atoms with Gasteiger partial charge in [0.05, 0.1) is 17.1 Å². The summed E-state index contributed by atoms with van der Waals surface area (Å²) < 4.78 is 6.02. The molecule has 17 heavy (non-hydrogen) atoms. The second kappa shape index (κ2) is 5.40. The largest absolute Gasteiger partial charge is 0.496 e. The number of guanidine groups is 1. The highest BCUT2D eigenvalue weighted by molar-refractivity contribution is 9.10. The molecule has 0 heterocycles. The first-order valence-electron chi connectivity index (χ1n) is 5.28. The molecule has 0 bridgehead atoms. The molecule has 94 valence electrons. The Balaban J connectivity index is 2.83. The van der Waals surface area contributed by atoms with Crippen molar-refractivity contribution >= 4 is 27.6 Å². The Kier molecular flexibility index (Phi) is 4.40. The number of ether oxygens (including phenoxy) is 1. The number of nitrogens with zero attached hydrogens (tertiary/aromatic N) is 1. The highest BCUT2D eigenvalue weighted by Crippen LogP contribution is 2.27. The number of aliphatic imine (C=N–C) groups is 1. The highest BCUT2D eigenvalue weighted by Gasteiger charge is 2.08. The number of nitrogens with two attached hydrogens (primary N) is 1. The van der Waals surface area contributed by atoms with Gasteiger partial charge in [0.1, 0.15) is 5.75 Å². The van der Waals surface area contributed by atoms with Crippen LogP contribution in [0.25, 0.3) is 0 Å². The fourth-order valence-corrected chi connectivity index (χ4v) is 1.82. The van der Waals surface area contributed by atoms with Gasteiger partial charge in [0.2, 0.25) is 0 Å². The van der Waals surface area contributed by atoms with Crippen molar-refractivity contribution in [2.24, 2.45) is 10.7 Å². The second-order valence-electron chi connectivity index (χ2n) is 4.64. The van der Waals surface area contributed by atoms with Crippen LogP contribution in [0.1, 0.15) is 20.8 Å². The van der Waals surface area contributed by atoms with Crippen molar-refractivity contribution in [3.8, 4) is 5.75 Å². The van der Waals surface area contributed by atoms with Gasteiger partial charge in [0.15, 0.2) is 5.96 Å². The molecule has 0 unspecified atom stereocenters. The molecule has 3 N–H and O–H groups in total. The van der Waals surface area contributed by atoms with Gasteiger partial charge in [-0.25, -0.2) is 4.99 Å². The molecule has 4 nitrogen and oxygen atoms in total. The molecule has 0 aliphatic carbocycles. The number of rotatable bonds is 2. The summed E-state index contributed by atoms with van der Waals surface area (Å²) >= 11 is 3.41. The van der Waals surface area contributed by atoms with Crippen LogP contribution in [0.3, 0.4) is 0 Å². The van der Waals surface area contributed by atoms with Gasteiger partial charge in [-0.15, -0.1) is 0 Å². The Morgan fingerprint density at radius 1 is 1.41 bits per heavy atom. The lowest BCUT2D eigenvalue weighted by Gasteiger charge is -2.15. The summed E-state index contributed by atoms with van der Waals surface area (Å²) in [7, 11) is 1.63. The SMILES string of the molecule is COc1ccc(NC(N)=NC(C)(C)C)cc1Br. The smallest absolute Gasteiger partial charge is 0.193 e. The summed E-state index contributed by atoms with van der Waals surface area (Å²) in [6.45, 7) is 5.97.